The van der Waals surface area contributed by atoms with Crippen LogP contribution >= 0.6 is 0 Å². The van der Waals surface area contributed by atoms with E-state index >= 15 is 0 Å². The average molecular weight is 233 g/mol. The predicted octanol–water partition coefficient (Wildman–Crippen LogP) is 2.19. The smallest absolute Gasteiger partial charge is 0.122 e. The van der Waals surface area contributed by atoms with E-state index < -0.39 is 0 Å². The number of methoxy groups -OCH3 is 1. The van der Waals surface area contributed by atoms with E-state index in [1.165, 1.54) is 29.5 Å². The van der Waals surface area contributed by atoms with Crippen molar-refractivity contribution < 1.29 is 9.47 Å². The van der Waals surface area contributed by atoms with Gasteiger partial charge in [0.1, 0.15) is 5.75 Å². The normalized spacial score (nSPS) is 23.5. The first-order chi connectivity index (χ1) is 8.38. The van der Waals surface area contributed by atoms with Crippen molar-refractivity contribution in [2.45, 2.75) is 32.0 Å². The van der Waals surface area contributed by atoms with Gasteiger partial charge < -0.3 is 14.8 Å². The fraction of sp³-hybridized carbons (Fsp3) is 0.571. The van der Waals surface area contributed by atoms with E-state index in [-0.39, 0.29) is 0 Å². The highest BCUT2D eigenvalue weighted by Crippen LogP contribution is 2.35. The van der Waals surface area contributed by atoms with E-state index in [9.17, 15) is 0 Å². The second-order valence-electron chi connectivity index (χ2n) is 4.90. The van der Waals surface area contributed by atoms with Crippen molar-refractivity contribution in [3.63, 3.8) is 0 Å². The van der Waals surface area contributed by atoms with Crippen LogP contribution in [0.5, 0.6) is 5.75 Å². The van der Waals surface area contributed by atoms with Crippen LogP contribution in [0.25, 0.3) is 0 Å². The molecule has 2 aliphatic heterocycles. The van der Waals surface area contributed by atoms with Crippen LogP contribution in [0, 0.1) is 0 Å². The van der Waals surface area contributed by atoms with Crippen molar-refractivity contribution in [2.75, 3.05) is 20.2 Å². The molecule has 0 aliphatic carbocycles. The lowest BCUT2D eigenvalue weighted by atomic mass is 9.89. The van der Waals surface area contributed by atoms with Gasteiger partial charge in [-0.1, -0.05) is 0 Å². The summed E-state index contributed by atoms with van der Waals surface area (Å²) in [4.78, 5) is 0. The molecular weight excluding hydrogens is 214 g/mol. The van der Waals surface area contributed by atoms with Crippen LogP contribution < -0.4 is 10.1 Å². The highest BCUT2D eigenvalue weighted by molar-refractivity contribution is 5.45. The molecule has 17 heavy (non-hydrogen) atoms. The third-order valence-corrected chi connectivity index (χ3v) is 3.80. The molecule has 1 aromatic carbocycles. The Labute approximate surface area is 102 Å². The molecule has 1 fully saturated rings. The van der Waals surface area contributed by atoms with Gasteiger partial charge in [-0.3, -0.25) is 0 Å². The summed E-state index contributed by atoms with van der Waals surface area (Å²) in [5.74, 6) is 1.62. The molecule has 1 aromatic rings. The Morgan fingerprint density at radius 1 is 1.29 bits per heavy atom. The number of fused-ring (bicyclic) bond motifs is 1. The molecule has 1 N–H and O–H groups in total. The fourth-order valence-corrected chi connectivity index (χ4v) is 2.84. The second-order valence-corrected chi connectivity index (χ2v) is 4.90. The molecule has 0 bridgehead atoms. The van der Waals surface area contributed by atoms with Crippen molar-refractivity contribution >= 4 is 0 Å². The minimum absolute atomic E-state index is 0.588. The Bertz CT molecular complexity index is 411. The van der Waals surface area contributed by atoms with Gasteiger partial charge in [-0.05, 0) is 48.2 Å². The van der Waals surface area contributed by atoms with Gasteiger partial charge in [-0.25, -0.2) is 0 Å². The predicted molar refractivity (Wildman–Crippen MR) is 66.3 cm³/mol. The van der Waals surface area contributed by atoms with E-state index in [1.807, 2.05) is 0 Å². The molecule has 2 heterocycles. The SMILES string of the molecule is COc1cc2c(cc1C1CCCNC1)COC2. The zero-order valence-corrected chi connectivity index (χ0v) is 10.3. The molecule has 1 atom stereocenters. The number of ether oxygens (including phenoxy) is 2. The molecule has 0 spiro atoms. The minimum atomic E-state index is 0.588. The molecule has 3 heteroatoms. The molecule has 0 amide bonds. The van der Waals surface area contributed by atoms with Gasteiger partial charge in [0.25, 0.3) is 0 Å². The number of hydrogen-bond donors (Lipinski definition) is 1. The summed E-state index contributed by atoms with van der Waals surface area (Å²) in [6.07, 6.45) is 2.50. The zero-order valence-electron chi connectivity index (χ0n) is 10.3. The van der Waals surface area contributed by atoms with E-state index in [1.54, 1.807) is 7.11 Å². The lowest BCUT2D eigenvalue weighted by molar-refractivity contribution is 0.134. The summed E-state index contributed by atoms with van der Waals surface area (Å²) in [7, 11) is 1.76. The third-order valence-electron chi connectivity index (χ3n) is 3.80. The summed E-state index contributed by atoms with van der Waals surface area (Å²) in [6.45, 7) is 3.70. The van der Waals surface area contributed by atoms with Crippen molar-refractivity contribution in [3.8, 4) is 5.75 Å². The van der Waals surface area contributed by atoms with Gasteiger partial charge in [0.05, 0.1) is 20.3 Å². The standard InChI is InChI=1S/C14H19NO2/c1-16-14-6-12-9-17-8-11(12)5-13(14)10-3-2-4-15-7-10/h5-6,10,15H,2-4,7-9H2,1H3. The third kappa shape index (κ3) is 2.05. The molecule has 3 rings (SSSR count). The molecule has 1 saturated heterocycles. The molecular formula is C14H19NO2. The van der Waals surface area contributed by atoms with Crippen molar-refractivity contribution in [3.05, 3.63) is 28.8 Å². The van der Waals surface area contributed by atoms with Gasteiger partial charge in [-0.15, -0.1) is 0 Å². The highest BCUT2D eigenvalue weighted by atomic mass is 16.5. The monoisotopic (exact) mass is 233 g/mol. The molecule has 0 radical (unpaired) electrons. The number of nitrogens with one attached hydrogen (secondary N) is 1. The lowest BCUT2D eigenvalue weighted by Gasteiger charge is -2.25. The number of rotatable bonds is 2. The summed E-state index contributed by atoms with van der Waals surface area (Å²) >= 11 is 0. The second kappa shape index (κ2) is 4.67. The van der Waals surface area contributed by atoms with Crippen molar-refractivity contribution in [1.82, 2.24) is 5.32 Å². The van der Waals surface area contributed by atoms with E-state index in [0.29, 0.717) is 5.92 Å². The van der Waals surface area contributed by atoms with Gasteiger partial charge in [0.15, 0.2) is 0 Å². The number of benzene rings is 1. The van der Waals surface area contributed by atoms with E-state index in [2.05, 4.69) is 17.4 Å². The Kier molecular flexibility index (Phi) is 3.04. The first-order valence-corrected chi connectivity index (χ1v) is 6.36. The Morgan fingerprint density at radius 2 is 2.12 bits per heavy atom. The van der Waals surface area contributed by atoms with Gasteiger partial charge in [0, 0.05) is 12.5 Å². The largest absolute Gasteiger partial charge is 0.496 e. The Hall–Kier alpha value is -1.06. The van der Waals surface area contributed by atoms with Gasteiger partial charge >= 0.3 is 0 Å². The minimum Gasteiger partial charge on any atom is -0.496 e. The maximum absolute atomic E-state index is 5.54. The first-order valence-electron chi connectivity index (χ1n) is 6.36. The molecule has 1 unspecified atom stereocenters. The number of hydrogen-bond acceptors (Lipinski definition) is 3. The molecule has 0 aromatic heterocycles. The first kappa shape index (κ1) is 11.1. The molecule has 3 nitrogen and oxygen atoms in total. The van der Waals surface area contributed by atoms with Gasteiger partial charge in [-0.2, -0.15) is 0 Å². The average Bonchev–Trinajstić information content (AvgIpc) is 2.85. The lowest BCUT2D eigenvalue weighted by Crippen LogP contribution is -2.28. The molecule has 2 aliphatic rings. The summed E-state index contributed by atoms with van der Waals surface area (Å²) in [5.41, 5.74) is 3.98. The van der Waals surface area contributed by atoms with Crippen LogP contribution in [0.4, 0.5) is 0 Å². The maximum Gasteiger partial charge on any atom is 0.122 e. The highest BCUT2D eigenvalue weighted by Gasteiger charge is 2.22. The van der Waals surface area contributed by atoms with Crippen LogP contribution in [0.2, 0.25) is 0 Å². The zero-order chi connectivity index (χ0) is 11.7. The maximum atomic E-state index is 5.54. The van der Waals surface area contributed by atoms with Crippen molar-refractivity contribution in [1.29, 1.82) is 0 Å². The van der Waals surface area contributed by atoms with Crippen molar-refractivity contribution in [2.24, 2.45) is 0 Å². The van der Waals surface area contributed by atoms with Gasteiger partial charge in [0.2, 0.25) is 0 Å². The Balaban J connectivity index is 1.96. The van der Waals surface area contributed by atoms with Crippen LogP contribution in [0.1, 0.15) is 35.4 Å². The summed E-state index contributed by atoms with van der Waals surface area (Å²) in [6, 6.07) is 4.45. The van der Waals surface area contributed by atoms with E-state index in [0.717, 1.165) is 32.1 Å². The Morgan fingerprint density at radius 3 is 2.82 bits per heavy atom. The number of piperidine rings is 1. The quantitative estimate of drug-likeness (QED) is 0.849. The van der Waals surface area contributed by atoms with Crippen LogP contribution in [-0.2, 0) is 18.0 Å². The topological polar surface area (TPSA) is 30.5 Å². The fourth-order valence-electron chi connectivity index (χ4n) is 2.84. The molecule has 0 saturated carbocycles. The summed E-state index contributed by atoms with van der Waals surface area (Å²) in [5, 5.41) is 3.47. The van der Waals surface area contributed by atoms with Crippen LogP contribution in [0.15, 0.2) is 12.1 Å². The van der Waals surface area contributed by atoms with Crippen LogP contribution in [-0.4, -0.2) is 20.2 Å². The molecule has 92 valence electrons. The summed E-state index contributed by atoms with van der Waals surface area (Å²) < 4.78 is 11.0. The van der Waals surface area contributed by atoms with Crippen LogP contribution in [0.3, 0.4) is 0 Å². The van der Waals surface area contributed by atoms with E-state index in [4.69, 9.17) is 9.47 Å².